The Bertz CT molecular complexity index is 631. The van der Waals surface area contributed by atoms with E-state index in [0.29, 0.717) is 32.5 Å². The zero-order valence-corrected chi connectivity index (χ0v) is 16.8. The van der Waals surface area contributed by atoms with Crippen molar-refractivity contribution in [2.24, 2.45) is 5.92 Å². The van der Waals surface area contributed by atoms with Gasteiger partial charge in [-0.3, -0.25) is 9.59 Å². The molecule has 0 unspecified atom stereocenters. The number of amides is 2. The van der Waals surface area contributed by atoms with Crippen molar-refractivity contribution in [2.45, 2.75) is 44.6 Å². The quantitative estimate of drug-likeness (QED) is 0.721. The standard InChI is InChI=1S/C22H32N2O4/c1-27-15-11-21(25)24-14-10-20(28-19-8-4-2-5-9-19)18(17-24)16-22(26)23-12-6-3-7-13-23/h2,4-5,8-9,18,20H,3,6-7,10-17H2,1H3/t18-,20-/m0/s1. The van der Waals surface area contributed by atoms with Crippen molar-refractivity contribution in [3.05, 3.63) is 30.3 Å². The molecule has 6 heteroatoms. The smallest absolute Gasteiger partial charge is 0.224 e. The maximum Gasteiger partial charge on any atom is 0.224 e. The first-order chi connectivity index (χ1) is 13.7. The van der Waals surface area contributed by atoms with Crippen LogP contribution in [0.4, 0.5) is 0 Å². The Balaban J connectivity index is 1.65. The van der Waals surface area contributed by atoms with E-state index in [1.165, 1.54) is 6.42 Å². The van der Waals surface area contributed by atoms with Crippen molar-refractivity contribution >= 4 is 11.8 Å². The summed E-state index contributed by atoms with van der Waals surface area (Å²) >= 11 is 0. The van der Waals surface area contributed by atoms with Crippen LogP contribution >= 0.6 is 0 Å². The number of carbonyl (C=O) groups excluding carboxylic acids is 2. The Hall–Kier alpha value is -2.08. The number of benzene rings is 1. The number of piperidine rings is 2. The van der Waals surface area contributed by atoms with Crippen molar-refractivity contribution in [1.82, 2.24) is 9.80 Å². The lowest BCUT2D eigenvalue weighted by Crippen LogP contribution is -2.50. The van der Waals surface area contributed by atoms with Gasteiger partial charge in [0.25, 0.3) is 0 Å². The van der Waals surface area contributed by atoms with Crippen LogP contribution in [-0.2, 0) is 14.3 Å². The zero-order valence-electron chi connectivity index (χ0n) is 16.8. The van der Waals surface area contributed by atoms with E-state index in [-0.39, 0.29) is 23.8 Å². The molecule has 0 spiro atoms. The predicted molar refractivity (Wildman–Crippen MR) is 107 cm³/mol. The Morgan fingerprint density at radius 1 is 1.00 bits per heavy atom. The lowest BCUT2D eigenvalue weighted by atomic mass is 9.90. The molecule has 2 aliphatic heterocycles. The largest absolute Gasteiger partial charge is 0.490 e. The summed E-state index contributed by atoms with van der Waals surface area (Å²) in [7, 11) is 1.60. The fraction of sp³-hybridized carbons (Fsp3) is 0.636. The van der Waals surface area contributed by atoms with Crippen LogP contribution in [0.25, 0.3) is 0 Å². The number of likely N-dealkylation sites (tertiary alicyclic amines) is 2. The lowest BCUT2D eigenvalue weighted by Gasteiger charge is -2.39. The molecule has 0 saturated carbocycles. The highest BCUT2D eigenvalue weighted by Gasteiger charge is 2.35. The number of nitrogens with zero attached hydrogens (tertiary/aromatic N) is 2. The van der Waals surface area contributed by atoms with E-state index in [0.717, 1.165) is 38.1 Å². The van der Waals surface area contributed by atoms with Crippen LogP contribution in [0.3, 0.4) is 0 Å². The second kappa shape index (κ2) is 10.5. The average molecular weight is 389 g/mol. The van der Waals surface area contributed by atoms with Gasteiger partial charge in [-0.25, -0.2) is 0 Å². The third kappa shape index (κ3) is 5.71. The number of rotatable bonds is 7. The molecular formula is C22H32N2O4. The molecule has 1 aromatic rings. The van der Waals surface area contributed by atoms with Gasteiger partial charge in [0.1, 0.15) is 11.9 Å². The summed E-state index contributed by atoms with van der Waals surface area (Å²) in [5.41, 5.74) is 0. The monoisotopic (exact) mass is 388 g/mol. The minimum absolute atomic E-state index is 0.00915. The topological polar surface area (TPSA) is 59.1 Å². The van der Waals surface area contributed by atoms with Crippen molar-refractivity contribution < 1.29 is 19.1 Å². The molecule has 0 aliphatic carbocycles. The van der Waals surface area contributed by atoms with E-state index in [1.54, 1.807) is 7.11 Å². The number of ether oxygens (including phenoxy) is 2. The predicted octanol–water partition coefficient (Wildman–Crippen LogP) is 2.72. The van der Waals surface area contributed by atoms with E-state index in [2.05, 4.69) is 0 Å². The van der Waals surface area contributed by atoms with Crippen LogP contribution in [-0.4, -0.2) is 67.6 Å². The summed E-state index contributed by atoms with van der Waals surface area (Å²) in [6.07, 6.45) is 4.88. The molecular weight excluding hydrogens is 356 g/mol. The molecule has 2 saturated heterocycles. The van der Waals surface area contributed by atoms with Crippen molar-refractivity contribution in [2.75, 3.05) is 39.9 Å². The molecule has 2 fully saturated rings. The van der Waals surface area contributed by atoms with Gasteiger partial charge in [0.2, 0.25) is 11.8 Å². The van der Waals surface area contributed by atoms with E-state index in [9.17, 15) is 9.59 Å². The normalized spacial score (nSPS) is 22.8. The third-order valence-corrected chi connectivity index (χ3v) is 5.71. The van der Waals surface area contributed by atoms with Gasteiger partial charge in [-0.2, -0.15) is 0 Å². The molecule has 3 rings (SSSR count). The van der Waals surface area contributed by atoms with Gasteiger partial charge in [0.15, 0.2) is 0 Å². The SMILES string of the molecule is COCCC(=O)N1CC[C@H](Oc2ccccc2)[C@@H](CC(=O)N2CCCCC2)C1. The first-order valence-corrected chi connectivity index (χ1v) is 10.4. The van der Waals surface area contributed by atoms with E-state index >= 15 is 0 Å². The molecule has 2 amide bonds. The summed E-state index contributed by atoms with van der Waals surface area (Å²) in [4.78, 5) is 29.2. The Labute approximate surface area is 167 Å². The summed E-state index contributed by atoms with van der Waals surface area (Å²) in [5.74, 6) is 1.12. The number of para-hydroxylation sites is 1. The first-order valence-electron chi connectivity index (χ1n) is 10.4. The molecule has 0 aromatic heterocycles. The van der Waals surface area contributed by atoms with E-state index < -0.39 is 0 Å². The molecule has 2 atom stereocenters. The first kappa shape index (κ1) is 20.6. The van der Waals surface area contributed by atoms with Crippen LogP contribution < -0.4 is 4.74 Å². The molecule has 28 heavy (non-hydrogen) atoms. The van der Waals surface area contributed by atoms with Gasteiger partial charge in [-0.15, -0.1) is 0 Å². The summed E-state index contributed by atoms with van der Waals surface area (Å²) in [6.45, 7) is 3.36. The Morgan fingerprint density at radius 2 is 1.75 bits per heavy atom. The average Bonchev–Trinajstić information content (AvgIpc) is 2.74. The van der Waals surface area contributed by atoms with Crippen LogP contribution in [0.2, 0.25) is 0 Å². The van der Waals surface area contributed by atoms with Crippen LogP contribution in [0.1, 0.15) is 38.5 Å². The molecule has 154 valence electrons. The summed E-state index contributed by atoms with van der Waals surface area (Å²) in [5, 5.41) is 0. The second-order valence-electron chi connectivity index (χ2n) is 7.75. The molecule has 0 bridgehead atoms. The fourth-order valence-electron chi connectivity index (χ4n) is 4.11. The van der Waals surface area contributed by atoms with Gasteiger partial charge < -0.3 is 19.3 Å². The van der Waals surface area contributed by atoms with Gasteiger partial charge in [-0.1, -0.05) is 18.2 Å². The highest BCUT2D eigenvalue weighted by atomic mass is 16.5. The minimum Gasteiger partial charge on any atom is -0.490 e. The lowest BCUT2D eigenvalue weighted by molar-refractivity contribution is -0.140. The van der Waals surface area contributed by atoms with Gasteiger partial charge in [0, 0.05) is 52.0 Å². The number of methoxy groups -OCH3 is 1. The maximum atomic E-state index is 12.9. The Kier molecular flexibility index (Phi) is 7.71. The van der Waals surface area contributed by atoms with Gasteiger partial charge in [-0.05, 0) is 31.4 Å². The summed E-state index contributed by atoms with van der Waals surface area (Å²) in [6, 6.07) is 9.75. The summed E-state index contributed by atoms with van der Waals surface area (Å²) < 4.78 is 11.3. The highest BCUT2D eigenvalue weighted by molar-refractivity contribution is 5.78. The van der Waals surface area contributed by atoms with Crippen LogP contribution in [0.5, 0.6) is 5.75 Å². The van der Waals surface area contributed by atoms with Crippen molar-refractivity contribution in [3.63, 3.8) is 0 Å². The van der Waals surface area contributed by atoms with Gasteiger partial charge >= 0.3 is 0 Å². The molecule has 0 N–H and O–H groups in total. The highest BCUT2D eigenvalue weighted by Crippen LogP contribution is 2.27. The molecule has 0 radical (unpaired) electrons. The number of hydrogen-bond donors (Lipinski definition) is 0. The third-order valence-electron chi connectivity index (χ3n) is 5.71. The van der Waals surface area contributed by atoms with Crippen LogP contribution in [0.15, 0.2) is 30.3 Å². The molecule has 2 aliphatic rings. The molecule has 6 nitrogen and oxygen atoms in total. The number of hydrogen-bond acceptors (Lipinski definition) is 4. The maximum absolute atomic E-state index is 12.9. The Morgan fingerprint density at radius 3 is 2.46 bits per heavy atom. The zero-order chi connectivity index (χ0) is 19.8. The van der Waals surface area contributed by atoms with E-state index in [1.807, 2.05) is 40.1 Å². The van der Waals surface area contributed by atoms with Crippen molar-refractivity contribution in [1.29, 1.82) is 0 Å². The van der Waals surface area contributed by atoms with Crippen LogP contribution in [0, 0.1) is 5.92 Å². The van der Waals surface area contributed by atoms with E-state index in [4.69, 9.17) is 9.47 Å². The number of carbonyl (C=O) groups is 2. The van der Waals surface area contributed by atoms with Gasteiger partial charge in [0.05, 0.1) is 13.0 Å². The minimum atomic E-state index is -0.0531. The van der Waals surface area contributed by atoms with Crippen molar-refractivity contribution in [3.8, 4) is 5.75 Å². The fourth-order valence-corrected chi connectivity index (χ4v) is 4.11. The second-order valence-corrected chi connectivity index (χ2v) is 7.75. The molecule has 1 aromatic carbocycles. The molecule has 2 heterocycles.